The molecule has 0 aromatic carbocycles. The number of hydrogen-bond acceptors (Lipinski definition) is 4. The topological polar surface area (TPSA) is 55.8 Å². The summed E-state index contributed by atoms with van der Waals surface area (Å²) < 4.78 is 9.96. The fraction of sp³-hybridized carbons (Fsp3) is 0.909. The van der Waals surface area contributed by atoms with Crippen molar-refractivity contribution >= 4 is 5.97 Å². The number of unbranched alkanes of at least 4 members (excludes halogenated alkanes) is 1. The number of rotatable bonds is 8. The van der Waals surface area contributed by atoms with Crippen molar-refractivity contribution in [3.05, 3.63) is 0 Å². The summed E-state index contributed by atoms with van der Waals surface area (Å²) in [5, 5.41) is 9.46. The van der Waals surface area contributed by atoms with Crippen LogP contribution in [0.4, 0.5) is 0 Å². The molecule has 0 bridgehead atoms. The van der Waals surface area contributed by atoms with Crippen molar-refractivity contribution in [3.8, 4) is 0 Å². The lowest BCUT2D eigenvalue weighted by atomic mass is 10.2. The summed E-state index contributed by atoms with van der Waals surface area (Å²) >= 11 is 0. The fourth-order valence-corrected chi connectivity index (χ4v) is 1.11. The summed E-state index contributed by atoms with van der Waals surface area (Å²) in [6.45, 7) is 5.99. The Morgan fingerprint density at radius 1 is 1.40 bits per heavy atom. The quantitative estimate of drug-likeness (QED) is 0.627. The molecule has 0 saturated heterocycles. The average Bonchev–Trinajstić information content (AvgIpc) is 2.23. The van der Waals surface area contributed by atoms with Gasteiger partial charge in [-0.05, 0) is 20.3 Å². The molecule has 0 aliphatic rings. The van der Waals surface area contributed by atoms with Crippen LogP contribution in [0.15, 0.2) is 0 Å². The van der Waals surface area contributed by atoms with Crippen molar-refractivity contribution in [1.82, 2.24) is 0 Å². The molecule has 0 amide bonds. The highest BCUT2D eigenvalue weighted by Crippen LogP contribution is 2.03. The highest BCUT2D eigenvalue weighted by Gasteiger charge is 2.15. The van der Waals surface area contributed by atoms with E-state index in [1.165, 1.54) is 0 Å². The van der Waals surface area contributed by atoms with Gasteiger partial charge in [0.25, 0.3) is 0 Å². The Morgan fingerprint density at radius 2 is 2.07 bits per heavy atom. The molecule has 90 valence electrons. The second kappa shape index (κ2) is 8.68. The summed E-state index contributed by atoms with van der Waals surface area (Å²) in [5.74, 6) is -0.375. The third kappa shape index (κ3) is 7.33. The number of esters is 1. The van der Waals surface area contributed by atoms with Gasteiger partial charge in [0.05, 0.1) is 19.3 Å². The molecule has 0 heterocycles. The number of ether oxygens (including phenoxy) is 2. The molecule has 1 N–H and O–H groups in total. The Bertz CT molecular complexity index is 170. The van der Waals surface area contributed by atoms with Crippen LogP contribution in [-0.2, 0) is 14.3 Å². The van der Waals surface area contributed by atoms with Gasteiger partial charge in [0.2, 0.25) is 0 Å². The first-order chi connectivity index (χ1) is 7.11. The van der Waals surface area contributed by atoms with Crippen molar-refractivity contribution in [2.45, 2.75) is 52.2 Å². The molecule has 0 aromatic heterocycles. The van der Waals surface area contributed by atoms with Crippen molar-refractivity contribution < 1.29 is 19.4 Å². The molecule has 0 fully saturated rings. The molecular weight excluding hydrogens is 196 g/mol. The van der Waals surface area contributed by atoms with E-state index in [-0.39, 0.29) is 12.6 Å². The lowest BCUT2D eigenvalue weighted by molar-refractivity contribution is -0.157. The normalized spacial score (nSPS) is 14.7. The molecule has 4 nitrogen and oxygen atoms in total. The van der Waals surface area contributed by atoms with Crippen LogP contribution in [0.2, 0.25) is 0 Å². The number of carbonyl (C=O) groups excluding carboxylic acids is 1. The van der Waals surface area contributed by atoms with Crippen molar-refractivity contribution in [2.75, 3.05) is 13.2 Å². The summed E-state index contributed by atoms with van der Waals surface area (Å²) in [6, 6.07) is 0. The molecule has 2 atom stereocenters. The highest BCUT2D eigenvalue weighted by atomic mass is 16.6. The van der Waals surface area contributed by atoms with Gasteiger partial charge in [-0.2, -0.15) is 0 Å². The van der Waals surface area contributed by atoms with Crippen molar-refractivity contribution in [3.63, 3.8) is 0 Å². The second-order valence-corrected chi connectivity index (χ2v) is 3.52. The molecule has 4 heteroatoms. The molecule has 0 aliphatic carbocycles. The Kier molecular flexibility index (Phi) is 8.33. The van der Waals surface area contributed by atoms with Crippen molar-refractivity contribution in [2.24, 2.45) is 0 Å². The third-order valence-electron chi connectivity index (χ3n) is 2.05. The largest absolute Gasteiger partial charge is 0.464 e. The van der Waals surface area contributed by atoms with Crippen LogP contribution in [0.25, 0.3) is 0 Å². The number of aliphatic hydroxyl groups excluding tert-OH is 1. The van der Waals surface area contributed by atoms with Gasteiger partial charge in [-0.1, -0.05) is 19.8 Å². The van der Waals surface area contributed by atoms with Crippen LogP contribution in [0.3, 0.4) is 0 Å². The zero-order valence-electron chi connectivity index (χ0n) is 9.86. The van der Waals surface area contributed by atoms with Crippen LogP contribution in [-0.4, -0.2) is 36.5 Å². The Balaban J connectivity index is 3.60. The molecule has 15 heavy (non-hydrogen) atoms. The summed E-state index contributed by atoms with van der Waals surface area (Å²) in [7, 11) is 0. The third-order valence-corrected chi connectivity index (χ3v) is 2.05. The van der Waals surface area contributed by atoms with E-state index in [1.54, 1.807) is 13.8 Å². The van der Waals surface area contributed by atoms with E-state index in [4.69, 9.17) is 9.47 Å². The lowest BCUT2D eigenvalue weighted by Crippen LogP contribution is -2.27. The number of aliphatic hydroxyl groups is 1. The fourth-order valence-electron chi connectivity index (χ4n) is 1.11. The Morgan fingerprint density at radius 3 is 2.60 bits per heavy atom. The highest BCUT2D eigenvalue weighted by molar-refractivity contribution is 5.74. The minimum absolute atomic E-state index is 0.194. The van der Waals surface area contributed by atoms with Gasteiger partial charge < -0.3 is 14.6 Å². The van der Waals surface area contributed by atoms with E-state index in [2.05, 4.69) is 6.92 Å². The van der Waals surface area contributed by atoms with Gasteiger partial charge >= 0.3 is 5.97 Å². The Labute approximate surface area is 91.6 Å². The number of carbonyl (C=O) groups is 1. The molecular formula is C11H22O4. The van der Waals surface area contributed by atoms with Crippen LogP contribution in [0, 0.1) is 0 Å². The molecule has 0 aromatic rings. The minimum atomic E-state index is -0.596. The van der Waals surface area contributed by atoms with Gasteiger partial charge in [-0.25, -0.2) is 4.79 Å². The van der Waals surface area contributed by atoms with Gasteiger partial charge in [0, 0.05) is 0 Å². The van der Waals surface area contributed by atoms with Crippen LogP contribution < -0.4 is 0 Å². The maximum Gasteiger partial charge on any atom is 0.334 e. The zero-order valence-corrected chi connectivity index (χ0v) is 9.86. The standard InChI is InChI=1S/C11H22O4/c1-4-6-7-10(12)8-15-9(3)11(13)14-5-2/h9-10,12H,4-8H2,1-3H3/t9-,10?/m0/s1. The maximum absolute atomic E-state index is 11.1. The van der Waals surface area contributed by atoms with E-state index in [1.807, 2.05) is 0 Å². The van der Waals surface area contributed by atoms with Gasteiger partial charge in [0.1, 0.15) is 0 Å². The van der Waals surface area contributed by atoms with E-state index in [9.17, 15) is 9.90 Å². The smallest absolute Gasteiger partial charge is 0.334 e. The summed E-state index contributed by atoms with van der Waals surface area (Å²) in [5.41, 5.74) is 0. The van der Waals surface area contributed by atoms with Gasteiger partial charge in [-0.15, -0.1) is 0 Å². The first-order valence-corrected chi connectivity index (χ1v) is 5.58. The van der Waals surface area contributed by atoms with Crippen LogP contribution in [0.1, 0.15) is 40.0 Å². The lowest BCUT2D eigenvalue weighted by Gasteiger charge is -2.15. The van der Waals surface area contributed by atoms with Crippen LogP contribution in [0.5, 0.6) is 0 Å². The van der Waals surface area contributed by atoms with E-state index in [0.717, 1.165) is 12.8 Å². The van der Waals surface area contributed by atoms with Crippen molar-refractivity contribution in [1.29, 1.82) is 0 Å². The maximum atomic E-state index is 11.1. The molecule has 0 saturated carbocycles. The molecule has 0 aliphatic heterocycles. The van der Waals surface area contributed by atoms with Gasteiger partial charge in [0.15, 0.2) is 6.10 Å². The summed E-state index contributed by atoms with van der Waals surface area (Å²) in [4.78, 5) is 11.1. The zero-order chi connectivity index (χ0) is 11.7. The first kappa shape index (κ1) is 14.4. The first-order valence-electron chi connectivity index (χ1n) is 5.58. The minimum Gasteiger partial charge on any atom is -0.464 e. The SMILES string of the molecule is CCCCC(O)CO[C@@H](C)C(=O)OCC. The molecule has 0 rings (SSSR count). The van der Waals surface area contributed by atoms with E-state index >= 15 is 0 Å². The van der Waals surface area contributed by atoms with E-state index < -0.39 is 12.2 Å². The monoisotopic (exact) mass is 218 g/mol. The van der Waals surface area contributed by atoms with Gasteiger partial charge in [-0.3, -0.25) is 0 Å². The Hall–Kier alpha value is -0.610. The van der Waals surface area contributed by atoms with Crippen LogP contribution >= 0.6 is 0 Å². The second-order valence-electron chi connectivity index (χ2n) is 3.52. The van der Waals surface area contributed by atoms with E-state index in [0.29, 0.717) is 13.0 Å². The molecule has 0 spiro atoms. The molecule has 1 unspecified atom stereocenters. The molecule has 0 radical (unpaired) electrons. The number of hydrogen-bond donors (Lipinski definition) is 1. The predicted octanol–water partition coefficient (Wildman–Crippen LogP) is 1.51. The average molecular weight is 218 g/mol. The predicted molar refractivity (Wildman–Crippen MR) is 57.6 cm³/mol. The summed E-state index contributed by atoms with van der Waals surface area (Å²) in [6.07, 6.45) is 1.65.